The fourth-order valence-corrected chi connectivity index (χ4v) is 4.10. The summed E-state index contributed by atoms with van der Waals surface area (Å²) in [7, 11) is 4.74. The van der Waals surface area contributed by atoms with E-state index >= 15 is 0 Å². The molecule has 0 aromatic heterocycles. The van der Waals surface area contributed by atoms with Crippen LogP contribution >= 0.6 is 27.7 Å². The van der Waals surface area contributed by atoms with Gasteiger partial charge in [-0.2, -0.15) is 0 Å². The lowest BCUT2D eigenvalue weighted by molar-refractivity contribution is 0.104. The largest absolute Gasteiger partial charge is 0.496 e. The third-order valence-electron chi connectivity index (χ3n) is 4.61. The average molecular weight is 499 g/mol. The highest BCUT2D eigenvalue weighted by molar-refractivity contribution is 9.10. The Morgan fingerprint density at radius 2 is 1.45 bits per heavy atom. The predicted octanol–water partition coefficient (Wildman–Crippen LogP) is 6.80. The van der Waals surface area contributed by atoms with E-state index in [0.717, 1.165) is 14.9 Å². The predicted molar refractivity (Wildman–Crippen MR) is 130 cm³/mol. The number of Topliss-reactive ketones (excluding diaryl/α,β-unsaturated/α-hetero) is 1. The summed E-state index contributed by atoms with van der Waals surface area (Å²) >= 11 is 4.83. The van der Waals surface area contributed by atoms with Crippen LogP contribution in [0, 0.1) is 6.92 Å². The normalized spacial score (nSPS) is 11.2. The summed E-state index contributed by atoms with van der Waals surface area (Å²) in [5.74, 6) is 1.64. The van der Waals surface area contributed by atoms with Crippen LogP contribution in [0.5, 0.6) is 17.2 Å². The highest BCUT2D eigenvalue weighted by Crippen LogP contribution is 2.39. The molecule has 3 rings (SSSR count). The summed E-state index contributed by atoms with van der Waals surface area (Å²) < 4.78 is 17.4. The minimum atomic E-state index is -0.0852. The molecule has 0 saturated carbocycles. The van der Waals surface area contributed by atoms with E-state index in [1.54, 1.807) is 45.6 Å². The molecule has 6 heteroatoms. The van der Waals surface area contributed by atoms with Gasteiger partial charge in [0.2, 0.25) is 0 Å². The summed E-state index contributed by atoms with van der Waals surface area (Å²) in [6, 6.07) is 18.9. The minimum Gasteiger partial charge on any atom is -0.496 e. The molecular weight excluding hydrogens is 476 g/mol. The number of aryl methyl sites for hydroxylation is 1. The van der Waals surface area contributed by atoms with Gasteiger partial charge in [0.15, 0.2) is 5.78 Å². The first-order valence-corrected chi connectivity index (χ1v) is 11.1. The number of halogens is 1. The van der Waals surface area contributed by atoms with Crippen molar-refractivity contribution < 1.29 is 19.0 Å². The number of benzene rings is 3. The van der Waals surface area contributed by atoms with Crippen molar-refractivity contribution in [1.82, 2.24) is 0 Å². The Kier molecular flexibility index (Phi) is 7.82. The number of rotatable bonds is 8. The Balaban J connectivity index is 2.13. The Hall–Kier alpha value is -2.70. The number of hydrogen-bond acceptors (Lipinski definition) is 5. The zero-order valence-corrected chi connectivity index (χ0v) is 20.2. The van der Waals surface area contributed by atoms with Crippen LogP contribution in [0.15, 0.2) is 74.9 Å². The third-order valence-corrected chi connectivity index (χ3v) is 6.17. The average Bonchev–Trinajstić information content (AvgIpc) is 2.79. The van der Waals surface area contributed by atoms with Crippen LogP contribution in [-0.4, -0.2) is 27.1 Å². The van der Waals surface area contributed by atoms with Gasteiger partial charge in [-0.3, -0.25) is 4.79 Å². The molecule has 0 aliphatic rings. The van der Waals surface area contributed by atoms with E-state index in [1.165, 1.54) is 11.8 Å². The molecule has 0 aliphatic heterocycles. The van der Waals surface area contributed by atoms with E-state index in [4.69, 9.17) is 14.2 Å². The van der Waals surface area contributed by atoms with Crippen LogP contribution in [0.25, 0.3) is 6.08 Å². The van der Waals surface area contributed by atoms with Gasteiger partial charge in [-0.1, -0.05) is 45.4 Å². The highest BCUT2D eigenvalue weighted by atomic mass is 79.9. The summed E-state index contributed by atoms with van der Waals surface area (Å²) in [4.78, 5) is 15.0. The van der Waals surface area contributed by atoms with Gasteiger partial charge in [-0.15, -0.1) is 0 Å². The lowest BCUT2D eigenvalue weighted by Gasteiger charge is -2.14. The smallest absolute Gasteiger partial charge is 0.199 e. The first kappa shape index (κ1) is 23.0. The number of methoxy groups -OCH3 is 3. The Morgan fingerprint density at radius 3 is 1.97 bits per heavy atom. The van der Waals surface area contributed by atoms with Gasteiger partial charge in [0.1, 0.15) is 17.2 Å². The van der Waals surface area contributed by atoms with Gasteiger partial charge in [-0.05, 0) is 49.4 Å². The summed E-state index contributed by atoms with van der Waals surface area (Å²) in [5.41, 5.74) is 2.43. The van der Waals surface area contributed by atoms with Crippen molar-refractivity contribution >= 4 is 39.6 Å². The van der Waals surface area contributed by atoms with Crippen LogP contribution < -0.4 is 14.2 Å². The van der Waals surface area contributed by atoms with E-state index in [9.17, 15) is 4.79 Å². The van der Waals surface area contributed by atoms with E-state index in [1.807, 2.05) is 49.4 Å². The molecule has 0 spiro atoms. The molecule has 3 aromatic rings. The molecule has 3 aromatic carbocycles. The molecule has 0 saturated heterocycles. The van der Waals surface area contributed by atoms with Gasteiger partial charge < -0.3 is 14.2 Å². The van der Waals surface area contributed by atoms with Gasteiger partial charge in [0.25, 0.3) is 0 Å². The topological polar surface area (TPSA) is 44.8 Å². The molecule has 0 aliphatic carbocycles. The van der Waals surface area contributed by atoms with Crippen LogP contribution in [0.4, 0.5) is 0 Å². The molecule has 160 valence electrons. The Bertz CT molecular complexity index is 1060. The Labute approximate surface area is 195 Å². The van der Waals surface area contributed by atoms with Gasteiger partial charge in [-0.25, -0.2) is 0 Å². The van der Waals surface area contributed by atoms with Crippen LogP contribution in [0.1, 0.15) is 21.5 Å². The second-order valence-electron chi connectivity index (χ2n) is 6.71. The van der Waals surface area contributed by atoms with Gasteiger partial charge >= 0.3 is 0 Å². The molecule has 31 heavy (non-hydrogen) atoms. The van der Waals surface area contributed by atoms with Crippen molar-refractivity contribution in [3.05, 3.63) is 86.7 Å². The van der Waals surface area contributed by atoms with Crippen molar-refractivity contribution in [2.75, 3.05) is 21.3 Å². The number of hydrogen-bond donors (Lipinski definition) is 0. The second-order valence-corrected chi connectivity index (χ2v) is 8.74. The van der Waals surface area contributed by atoms with E-state index < -0.39 is 0 Å². The zero-order chi connectivity index (χ0) is 22.4. The summed E-state index contributed by atoms with van der Waals surface area (Å²) in [6.45, 7) is 2.03. The molecular formula is C25H23BrO4S. The lowest BCUT2D eigenvalue weighted by atomic mass is 10.1. The van der Waals surface area contributed by atoms with Crippen LogP contribution in [-0.2, 0) is 0 Å². The molecule has 0 amide bonds. The monoisotopic (exact) mass is 498 g/mol. The molecule has 0 fully saturated rings. The molecule has 0 atom stereocenters. The molecule has 0 heterocycles. The highest BCUT2D eigenvalue weighted by Gasteiger charge is 2.18. The zero-order valence-electron chi connectivity index (χ0n) is 17.8. The summed E-state index contributed by atoms with van der Waals surface area (Å²) in [6.07, 6.45) is 1.81. The fraction of sp³-hybridized carbons (Fsp3) is 0.160. The van der Waals surface area contributed by atoms with Crippen LogP contribution in [0.2, 0.25) is 0 Å². The molecule has 4 nitrogen and oxygen atoms in total. The maximum atomic E-state index is 13.4. The second kappa shape index (κ2) is 10.6. The van der Waals surface area contributed by atoms with Crippen molar-refractivity contribution in [2.45, 2.75) is 11.8 Å². The minimum absolute atomic E-state index is 0.0852. The van der Waals surface area contributed by atoms with Crippen molar-refractivity contribution in [3.8, 4) is 17.2 Å². The lowest BCUT2D eigenvalue weighted by Crippen LogP contribution is -2.02. The number of allylic oxidation sites excluding steroid dienone is 1. The van der Waals surface area contributed by atoms with Crippen LogP contribution in [0.3, 0.4) is 0 Å². The van der Waals surface area contributed by atoms with Crippen molar-refractivity contribution in [3.63, 3.8) is 0 Å². The van der Waals surface area contributed by atoms with Crippen molar-refractivity contribution in [1.29, 1.82) is 0 Å². The third kappa shape index (κ3) is 5.71. The standard InChI is InChI=1S/C25H23BrO4S/c1-16-5-11-20(12-6-16)31-24(25(27)17-7-9-18(26)10-8-17)15-21-22(29-3)13-19(28-2)14-23(21)30-4/h5-15H,1-4H3/b24-15+. The number of thioether (sulfide) groups is 1. The quantitative estimate of drug-likeness (QED) is 0.194. The molecule has 0 radical (unpaired) electrons. The van der Waals surface area contributed by atoms with E-state index in [2.05, 4.69) is 15.9 Å². The first-order valence-electron chi connectivity index (χ1n) is 9.51. The maximum absolute atomic E-state index is 13.4. The van der Waals surface area contributed by atoms with Gasteiger partial charge in [0, 0.05) is 27.1 Å². The first-order chi connectivity index (χ1) is 14.9. The summed E-state index contributed by atoms with van der Waals surface area (Å²) in [5, 5.41) is 0. The molecule has 0 N–H and O–H groups in total. The number of carbonyl (C=O) groups is 1. The van der Waals surface area contributed by atoms with Crippen molar-refractivity contribution in [2.24, 2.45) is 0 Å². The maximum Gasteiger partial charge on any atom is 0.199 e. The van der Waals surface area contributed by atoms with Gasteiger partial charge in [0.05, 0.1) is 31.8 Å². The number of ether oxygens (including phenoxy) is 3. The molecule has 0 unspecified atom stereocenters. The Morgan fingerprint density at radius 1 is 0.871 bits per heavy atom. The van der Waals surface area contributed by atoms with E-state index in [0.29, 0.717) is 33.3 Å². The SMILES string of the molecule is COc1cc(OC)c(/C=C(/Sc2ccc(C)cc2)C(=O)c2ccc(Br)cc2)c(OC)c1. The van der Waals surface area contributed by atoms with E-state index in [-0.39, 0.29) is 5.78 Å². The number of carbonyl (C=O) groups excluding carboxylic acids is 1. The molecule has 0 bridgehead atoms. The fourth-order valence-electron chi connectivity index (χ4n) is 2.92. The number of ketones is 1.